The van der Waals surface area contributed by atoms with E-state index in [-0.39, 0.29) is 5.15 Å². The number of fused-ring (bicyclic) bond motifs is 1. The summed E-state index contributed by atoms with van der Waals surface area (Å²) in [5.41, 5.74) is 2.87. The Morgan fingerprint density at radius 1 is 1.21 bits per heavy atom. The summed E-state index contributed by atoms with van der Waals surface area (Å²) in [6.07, 6.45) is 0.722. The molecule has 4 nitrogen and oxygen atoms in total. The van der Waals surface area contributed by atoms with Crippen LogP contribution in [-0.4, -0.2) is 16.3 Å². The zero-order valence-corrected chi connectivity index (χ0v) is 11.2. The molecule has 0 aliphatic carbocycles. The zero-order valence-electron chi connectivity index (χ0n) is 10.4. The number of carbonyl (C=O) groups is 1. The summed E-state index contributed by atoms with van der Waals surface area (Å²) in [5.74, 6) is 1.19. The predicted octanol–water partition coefficient (Wildman–Crippen LogP) is 2.77. The Morgan fingerprint density at radius 3 is 2.42 bits per heavy atom. The molecule has 96 valence electrons. The molecule has 1 aromatic carbocycles. The Balaban J connectivity index is 2.04. The lowest BCUT2D eigenvalue weighted by Gasteiger charge is -2.19. The molecule has 0 spiro atoms. The van der Waals surface area contributed by atoms with Crippen molar-refractivity contribution in [2.45, 2.75) is 20.0 Å². The molecule has 0 bridgehead atoms. The molecule has 1 aromatic heterocycles. The van der Waals surface area contributed by atoms with Crippen molar-refractivity contribution in [3.8, 4) is 0 Å². The third kappa shape index (κ3) is 2.08. The van der Waals surface area contributed by atoms with Gasteiger partial charge in [0.05, 0.1) is 5.56 Å². The summed E-state index contributed by atoms with van der Waals surface area (Å²) in [7, 11) is 0. The molecule has 0 fully saturated rings. The second kappa shape index (κ2) is 4.63. The lowest BCUT2D eigenvalue weighted by Crippen LogP contribution is -2.19. The minimum atomic E-state index is 0.216. The van der Waals surface area contributed by atoms with Crippen LogP contribution in [0.3, 0.4) is 0 Å². The summed E-state index contributed by atoms with van der Waals surface area (Å²) in [5, 5.41) is 0.216. The molecule has 0 N–H and O–H groups in total. The van der Waals surface area contributed by atoms with Crippen molar-refractivity contribution >= 4 is 23.7 Å². The van der Waals surface area contributed by atoms with E-state index >= 15 is 0 Å². The quantitative estimate of drug-likeness (QED) is 0.623. The predicted molar refractivity (Wildman–Crippen MR) is 73.5 cm³/mol. The van der Waals surface area contributed by atoms with Crippen molar-refractivity contribution in [3.63, 3.8) is 0 Å². The maximum atomic E-state index is 11.2. The Kier molecular flexibility index (Phi) is 2.95. The minimum Gasteiger partial charge on any atom is -0.347 e. The molecule has 0 unspecified atom stereocenters. The van der Waals surface area contributed by atoms with Crippen LogP contribution in [0, 0.1) is 6.92 Å². The van der Waals surface area contributed by atoms with Crippen LogP contribution in [0.15, 0.2) is 24.3 Å². The molecule has 19 heavy (non-hydrogen) atoms. The number of benzene rings is 1. The van der Waals surface area contributed by atoms with Crippen molar-refractivity contribution in [2.75, 3.05) is 4.90 Å². The Bertz CT molecular complexity index is 632. The summed E-state index contributed by atoms with van der Waals surface area (Å²) >= 11 is 6.02. The summed E-state index contributed by atoms with van der Waals surface area (Å²) in [4.78, 5) is 21.6. The van der Waals surface area contributed by atoms with Gasteiger partial charge >= 0.3 is 0 Å². The Hall–Kier alpha value is -1.94. The van der Waals surface area contributed by atoms with Crippen molar-refractivity contribution in [1.82, 2.24) is 9.97 Å². The average Bonchev–Trinajstić information content (AvgIpc) is 2.81. The first-order chi connectivity index (χ1) is 9.19. The van der Waals surface area contributed by atoms with Crippen LogP contribution < -0.4 is 4.90 Å². The van der Waals surface area contributed by atoms with Crippen molar-refractivity contribution in [3.05, 3.63) is 51.9 Å². The molecule has 0 amide bonds. The van der Waals surface area contributed by atoms with Crippen LogP contribution in [0.25, 0.3) is 0 Å². The lowest BCUT2D eigenvalue weighted by atomic mass is 10.1. The molecule has 2 heterocycles. The van der Waals surface area contributed by atoms with Gasteiger partial charge in [-0.1, -0.05) is 35.9 Å². The highest BCUT2D eigenvalue weighted by molar-refractivity contribution is 6.32. The maximum absolute atomic E-state index is 11.2. The molecule has 5 heteroatoms. The van der Waals surface area contributed by atoms with Crippen molar-refractivity contribution < 1.29 is 4.79 Å². The molecular formula is C14H12ClN3O. The van der Waals surface area contributed by atoms with E-state index in [9.17, 15) is 4.79 Å². The van der Waals surface area contributed by atoms with Gasteiger partial charge in [0.2, 0.25) is 0 Å². The van der Waals surface area contributed by atoms with E-state index < -0.39 is 0 Å². The highest BCUT2D eigenvalue weighted by atomic mass is 35.5. The zero-order chi connectivity index (χ0) is 13.4. The lowest BCUT2D eigenvalue weighted by molar-refractivity contribution is 0.112. The average molecular weight is 274 g/mol. The monoisotopic (exact) mass is 273 g/mol. The normalized spacial score (nSPS) is 13.5. The third-order valence-corrected chi connectivity index (χ3v) is 3.54. The van der Waals surface area contributed by atoms with Gasteiger partial charge in [-0.3, -0.25) is 4.79 Å². The number of aryl methyl sites for hydroxylation is 1. The van der Waals surface area contributed by atoms with Gasteiger partial charge in [0, 0.05) is 13.1 Å². The molecule has 3 rings (SSSR count). The Morgan fingerprint density at radius 2 is 1.84 bits per heavy atom. The van der Waals surface area contributed by atoms with Crippen LogP contribution >= 0.6 is 11.6 Å². The number of hydrogen-bond donors (Lipinski definition) is 0. The standard InChI is InChI=1S/C14H12ClN3O/c1-9-16-13(15)12(8-19)14(17-9)18-6-10-4-2-3-5-11(10)7-18/h2-5,8H,6-7H2,1H3. The number of anilines is 1. The molecule has 1 aliphatic heterocycles. The first kappa shape index (κ1) is 12.1. The Labute approximate surface area is 116 Å². The van der Waals surface area contributed by atoms with Crippen LogP contribution in [0.1, 0.15) is 27.3 Å². The minimum absolute atomic E-state index is 0.216. The molecule has 2 aromatic rings. The van der Waals surface area contributed by atoms with Gasteiger partial charge in [-0.2, -0.15) is 0 Å². The van der Waals surface area contributed by atoms with Crippen LogP contribution in [0.5, 0.6) is 0 Å². The second-order valence-corrected chi connectivity index (χ2v) is 4.90. The van der Waals surface area contributed by atoms with Gasteiger partial charge < -0.3 is 4.90 Å². The molecule has 0 saturated carbocycles. The van der Waals surface area contributed by atoms with E-state index in [1.807, 2.05) is 12.1 Å². The third-order valence-electron chi connectivity index (χ3n) is 3.25. The fraction of sp³-hybridized carbons (Fsp3) is 0.214. The molecule has 1 aliphatic rings. The van der Waals surface area contributed by atoms with Gasteiger partial charge in [0.15, 0.2) is 6.29 Å². The van der Waals surface area contributed by atoms with Crippen LogP contribution in [-0.2, 0) is 13.1 Å². The number of carbonyl (C=O) groups excluding carboxylic acids is 1. The van der Waals surface area contributed by atoms with E-state index in [0.717, 1.165) is 19.4 Å². The van der Waals surface area contributed by atoms with Gasteiger partial charge in [0.25, 0.3) is 0 Å². The van der Waals surface area contributed by atoms with Gasteiger partial charge in [-0.25, -0.2) is 9.97 Å². The van der Waals surface area contributed by atoms with Crippen molar-refractivity contribution in [2.24, 2.45) is 0 Å². The number of nitrogens with zero attached hydrogens (tertiary/aromatic N) is 3. The van der Waals surface area contributed by atoms with E-state index in [1.54, 1.807) is 6.92 Å². The fourth-order valence-electron chi connectivity index (χ4n) is 2.36. The van der Waals surface area contributed by atoms with Gasteiger partial charge in [-0.05, 0) is 18.1 Å². The van der Waals surface area contributed by atoms with Crippen LogP contribution in [0.2, 0.25) is 5.15 Å². The SMILES string of the molecule is Cc1nc(Cl)c(C=O)c(N2Cc3ccccc3C2)n1. The fourth-order valence-corrected chi connectivity index (χ4v) is 2.61. The second-order valence-electron chi connectivity index (χ2n) is 4.54. The number of rotatable bonds is 2. The maximum Gasteiger partial charge on any atom is 0.156 e. The van der Waals surface area contributed by atoms with Gasteiger partial charge in [-0.15, -0.1) is 0 Å². The van der Waals surface area contributed by atoms with E-state index in [2.05, 4.69) is 27.0 Å². The first-order valence-electron chi connectivity index (χ1n) is 6.00. The molecular weight excluding hydrogens is 262 g/mol. The smallest absolute Gasteiger partial charge is 0.156 e. The summed E-state index contributed by atoms with van der Waals surface area (Å²) in [6.45, 7) is 3.25. The summed E-state index contributed by atoms with van der Waals surface area (Å²) in [6, 6.07) is 8.21. The summed E-state index contributed by atoms with van der Waals surface area (Å²) < 4.78 is 0. The van der Waals surface area contributed by atoms with E-state index in [4.69, 9.17) is 11.6 Å². The van der Waals surface area contributed by atoms with Gasteiger partial charge in [0.1, 0.15) is 16.8 Å². The molecule has 0 atom stereocenters. The molecule has 0 saturated heterocycles. The highest BCUT2D eigenvalue weighted by Crippen LogP contribution is 2.30. The van der Waals surface area contributed by atoms with Crippen molar-refractivity contribution in [1.29, 1.82) is 0 Å². The molecule has 0 radical (unpaired) electrons. The van der Waals surface area contributed by atoms with E-state index in [1.165, 1.54) is 11.1 Å². The number of halogens is 1. The number of aldehydes is 1. The first-order valence-corrected chi connectivity index (χ1v) is 6.38. The topological polar surface area (TPSA) is 46.1 Å². The van der Waals surface area contributed by atoms with Crippen LogP contribution in [0.4, 0.5) is 5.82 Å². The largest absolute Gasteiger partial charge is 0.347 e. The number of hydrogen-bond acceptors (Lipinski definition) is 4. The number of aromatic nitrogens is 2. The van der Waals surface area contributed by atoms with E-state index in [0.29, 0.717) is 17.2 Å². The highest BCUT2D eigenvalue weighted by Gasteiger charge is 2.23.